The van der Waals surface area contributed by atoms with Gasteiger partial charge in [-0.3, -0.25) is 10.2 Å². The zero-order valence-corrected chi connectivity index (χ0v) is 10.5. The van der Waals surface area contributed by atoms with Crippen LogP contribution >= 0.6 is 0 Å². The Balaban J connectivity index is 2.52. The predicted molar refractivity (Wildman–Crippen MR) is 64.1 cm³/mol. The lowest BCUT2D eigenvalue weighted by atomic mass is 10.1. The first-order valence-electron chi connectivity index (χ1n) is 5.73. The zero-order valence-electron chi connectivity index (χ0n) is 10.5. The molecule has 0 aliphatic heterocycles. The SMILES string of the molecule is CC(C)CC(C)OCc1ccoc1C(=O)NN. The highest BCUT2D eigenvalue weighted by Gasteiger charge is 2.15. The molecule has 96 valence electrons. The topological polar surface area (TPSA) is 77.5 Å². The van der Waals surface area contributed by atoms with E-state index in [-0.39, 0.29) is 11.9 Å². The molecule has 1 heterocycles. The van der Waals surface area contributed by atoms with E-state index in [1.807, 2.05) is 12.3 Å². The highest BCUT2D eigenvalue weighted by atomic mass is 16.5. The standard InChI is InChI=1S/C12H20N2O3/c1-8(2)6-9(3)17-7-10-4-5-16-11(10)12(15)14-13/h4-5,8-9H,6-7,13H2,1-3H3,(H,14,15). The van der Waals surface area contributed by atoms with Gasteiger partial charge in [-0.25, -0.2) is 5.84 Å². The van der Waals surface area contributed by atoms with Gasteiger partial charge in [-0.15, -0.1) is 0 Å². The number of rotatable bonds is 6. The lowest BCUT2D eigenvalue weighted by Gasteiger charge is -2.14. The molecule has 0 spiro atoms. The largest absolute Gasteiger partial charge is 0.459 e. The molecule has 3 N–H and O–H groups in total. The van der Waals surface area contributed by atoms with E-state index in [1.54, 1.807) is 6.07 Å². The van der Waals surface area contributed by atoms with E-state index in [1.165, 1.54) is 6.26 Å². The molecule has 1 rings (SSSR count). The Morgan fingerprint density at radius 1 is 1.53 bits per heavy atom. The summed E-state index contributed by atoms with van der Waals surface area (Å²) in [5.74, 6) is 5.41. The van der Waals surface area contributed by atoms with E-state index in [4.69, 9.17) is 15.0 Å². The second kappa shape index (κ2) is 6.42. The Morgan fingerprint density at radius 2 is 2.24 bits per heavy atom. The summed E-state index contributed by atoms with van der Waals surface area (Å²) in [5, 5.41) is 0. The first kappa shape index (κ1) is 13.7. The van der Waals surface area contributed by atoms with Crippen molar-refractivity contribution in [2.24, 2.45) is 11.8 Å². The van der Waals surface area contributed by atoms with Gasteiger partial charge in [-0.05, 0) is 25.3 Å². The van der Waals surface area contributed by atoms with Gasteiger partial charge in [0.25, 0.3) is 0 Å². The van der Waals surface area contributed by atoms with Gasteiger partial charge in [-0.1, -0.05) is 13.8 Å². The minimum atomic E-state index is -0.440. The van der Waals surface area contributed by atoms with Crippen molar-refractivity contribution in [1.29, 1.82) is 0 Å². The molecule has 0 radical (unpaired) electrons. The minimum absolute atomic E-state index is 0.152. The summed E-state index contributed by atoms with van der Waals surface area (Å²) in [6, 6.07) is 1.71. The molecule has 0 saturated heterocycles. The van der Waals surface area contributed by atoms with Gasteiger partial charge in [-0.2, -0.15) is 0 Å². The van der Waals surface area contributed by atoms with Gasteiger partial charge in [0.15, 0.2) is 5.76 Å². The monoisotopic (exact) mass is 240 g/mol. The summed E-state index contributed by atoms with van der Waals surface area (Å²) in [6.07, 6.45) is 2.59. The van der Waals surface area contributed by atoms with Crippen molar-refractivity contribution < 1.29 is 13.9 Å². The van der Waals surface area contributed by atoms with Crippen molar-refractivity contribution in [2.45, 2.75) is 39.9 Å². The first-order valence-corrected chi connectivity index (χ1v) is 5.73. The summed E-state index contributed by atoms with van der Waals surface area (Å²) in [6.45, 7) is 6.66. The molecular formula is C12H20N2O3. The lowest BCUT2D eigenvalue weighted by Crippen LogP contribution is -2.30. The molecule has 1 amide bonds. The van der Waals surface area contributed by atoms with Crippen molar-refractivity contribution in [3.05, 3.63) is 23.7 Å². The highest BCUT2D eigenvalue weighted by molar-refractivity contribution is 5.92. The highest BCUT2D eigenvalue weighted by Crippen LogP contribution is 2.15. The maximum Gasteiger partial charge on any atom is 0.301 e. The van der Waals surface area contributed by atoms with Gasteiger partial charge in [0, 0.05) is 5.56 Å². The van der Waals surface area contributed by atoms with Crippen LogP contribution in [0.1, 0.15) is 43.3 Å². The van der Waals surface area contributed by atoms with E-state index in [0.29, 0.717) is 18.1 Å². The molecule has 17 heavy (non-hydrogen) atoms. The summed E-state index contributed by atoms with van der Waals surface area (Å²) in [7, 11) is 0. The number of nitrogen functional groups attached to an aromatic ring is 1. The number of furan rings is 1. The van der Waals surface area contributed by atoms with Crippen LogP contribution in [-0.2, 0) is 11.3 Å². The molecule has 0 fully saturated rings. The first-order chi connectivity index (χ1) is 8.04. The Morgan fingerprint density at radius 3 is 2.82 bits per heavy atom. The van der Waals surface area contributed by atoms with E-state index in [0.717, 1.165) is 6.42 Å². The molecule has 5 heteroatoms. The molecule has 0 aliphatic carbocycles. The van der Waals surface area contributed by atoms with Gasteiger partial charge < -0.3 is 9.15 Å². The van der Waals surface area contributed by atoms with E-state index < -0.39 is 5.91 Å². The molecule has 0 aromatic carbocycles. The van der Waals surface area contributed by atoms with Crippen molar-refractivity contribution in [3.63, 3.8) is 0 Å². The van der Waals surface area contributed by atoms with Crippen LogP contribution in [-0.4, -0.2) is 12.0 Å². The lowest BCUT2D eigenvalue weighted by molar-refractivity contribution is 0.0387. The fraction of sp³-hybridized carbons (Fsp3) is 0.583. The van der Waals surface area contributed by atoms with Crippen molar-refractivity contribution in [1.82, 2.24) is 5.43 Å². The summed E-state index contributed by atoms with van der Waals surface area (Å²) in [5.41, 5.74) is 2.75. The molecule has 1 unspecified atom stereocenters. The van der Waals surface area contributed by atoms with Crippen LogP contribution in [0.5, 0.6) is 0 Å². The van der Waals surface area contributed by atoms with Crippen LogP contribution in [0.4, 0.5) is 0 Å². The van der Waals surface area contributed by atoms with Crippen LogP contribution in [0.2, 0.25) is 0 Å². The third kappa shape index (κ3) is 4.20. The maximum atomic E-state index is 11.3. The van der Waals surface area contributed by atoms with Crippen molar-refractivity contribution >= 4 is 5.91 Å². The molecule has 0 bridgehead atoms. The molecule has 5 nitrogen and oxygen atoms in total. The van der Waals surface area contributed by atoms with Crippen molar-refractivity contribution in [2.75, 3.05) is 0 Å². The fourth-order valence-corrected chi connectivity index (χ4v) is 1.68. The predicted octanol–water partition coefficient (Wildman–Crippen LogP) is 1.83. The minimum Gasteiger partial charge on any atom is -0.459 e. The number of carbonyl (C=O) groups is 1. The normalized spacial score (nSPS) is 12.8. The number of nitrogens with one attached hydrogen (secondary N) is 1. The van der Waals surface area contributed by atoms with E-state index >= 15 is 0 Å². The van der Waals surface area contributed by atoms with Gasteiger partial charge >= 0.3 is 5.91 Å². The Labute approximate surface area is 101 Å². The van der Waals surface area contributed by atoms with E-state index in [9.17, 15) is 4.79 Å². The number of hydrogen-bond acceptors (Lipinski definition) is 4. The average Bonchev–Trinajstić information content (AvgIpc) is 2.72. The molecule has 0 saturated carbocycles. The third-order valence-corrected chi connectivity index (χ3v) is 2.41. The van der Waals surface area contributed by atoms with Crippen LogP contribution in [0.3, 0.4) is 0 Å². The molecule has 1 atom stereocenters. The quantitative estimate of drug-likeness (QED) is 0.452. The summed E-state index contributed by atoms with van der Waals surface area (Å²) in [4.78, 5) is 11.3. The van der Waals surface area contributed by atoms with Crippen LogP contribution in [0.15, 0.2) is 16.7 Å². The number of hydrogen-bond donors (Lipinski definition) is 2. The van der Waals surface area contributed by atoms with Crippen LogP contribution < -0.4 is 11.3 Å². The fourth-order valence-electron chi connectivity index (χ4n) is 1.68. The summed E-state index contributed by atoms with van der Waals surface area (Å²) >= 11 is 0. The molecule has 1 aromatic rings. The second-order valence-corrected chi connectivity index (χ2v) is 4.50. The Kier molecular flexibility index (Phi) is 5.18. The molecule has 0 aliphatic rings. The number of hydrazine groups is 1. The third-order valence-electron chi connectivity index (χ3n) is 2.41. The van der Waals surface area contributed by atoms with Crippen LogP contribution in [0.25, 0.3) is 0 Å². The number of ether oxygens (including phenoxy) is 1. The number of carbonyl (C=O) groups excluding carboxylic acids is 1. The Hall–Kier alpha value is -1.33. The number of nitrogens with two attached hydrogens (primary N) is 1. The van der Waals surface area contributed by atoms with Crippen LogP contribution in [0, 0.1) is 5.92 Å². The van der Waals surface area contributed by atoms with Gasteiger partial charge in [0.1, 0.15) is 0 Å². The molecular weight excluding hydrogens is 220 g/mol. The molecule has 1 aromatic heterocycles. The second-order valence-electron chi connectivity index (χ2n) is 4.50. The zero-order chi connectivity index (χ0) is 12.8. The average molecular weight is 240 g/mol. The smallest absolute Gasteiger partial charge is 0.301 e. The van der Waals surface area contributed by atoms with E-state index in [2.05, 4.69) is 13.8 Å². The van der Waals surface area contributed by atoms with Gasteiger partial charge in [0.2, 0.25) is 0 Å². The summed E-state index contributed by atoms with van der Waals surface area (Å²) < 4.78 is 10.7. The van der Waals surface area contributed by atoms with Gasteiger partial charge in [0.05, 0.1) is 19.0 Å². The Bertz CT molecular complexity index is 360. The maximum absolute atomic E-state index is 11.3. The number of amides is 1. The van der Waals surface area contributed by atoms with Crippen molar-refractivity contribution in [3.8, 4) is 0 Å².